The number of benzene rings is 4. The maximum atomic E-state index is 12.6. The van der Waals surface area contributed by atoms with Gasteiger partial charge in [-0.3, -0.25) is 14.7 Å². The Bertz CT molecular complexity index is 2260. The third-order valence-corrected chi connectivity index (χ3v) is 9.90. The lowest BCUT2D eigenvalue weighted by Gasteiger charge is -2.28. The van der Waals surface area contributed by atoms with Gasteiger partial charge in [0.1, 0.15) is 34.7 Å². The van der Waals surface area contributed by atoms with E-state index in [1.165, 1.54) is 18.2 Å². The van der Waals surface area contributed by atoms with Crippen LogP contribution in [-0.2, 0) is 33.1 Å². The molecule has 0 unspecified atom stereocenters. The van der Waals surface area contributed by atoms with Crippen molar-refractivity contribution in [2.45, 2.75) is 35.5 Å². The smallest absolute Gasteiger partial charge is 0.294 e. The number of aryl methyl sites for hydroxylation is 1. The molecule has 42 heavy (non-hydrogen) atoms. The maximum Gasteiger partial charge on any atom is 0.294 e. The first-order valence-corrected chi connectivity index (χ1v) is 16.0. The van der Waals surface area contributed by atoms with E-state index in [4.69, 9.17) is 4.74 Å². The van der Waals surface area contributed by atoms with Crippen LogP contribution in [0.1, 0.15) is 35.1 Å². The van der Waals surface area contributed by atoms with Crippen LogP contribution in [0.4, 0.5) is 5.69 Å². The Morgan fingerprint density at radius 3 is 2.33 bits per heavy atom. The first-order valence-electron chi connectivity index (χ1n) is 13.2. The van der Waals surface area contributed by atoms with E-state index in [2.05, 4.69) is 4.58 Å². The highest BCUT2D eigenvalue weighted by Crippen LogP contribution is 2.44. The summed E-state index contributed by atoms with van der Waals surface area (Å²) in [5.74, 6) is 0.837. The Kier molecular flexibility index (Phi) is 5.83. The van der Waals surface area contributed by atoms with Gasteiger partial charge in [-0.25, -0.2) is 13.0 Å². The van der Waals surface area contributed by atoms with Gasteiger partial charge in [-0.05, 0) is 48.6 Å². The second-order valence-corrected chi connectivity index (χ2v) is 13.4. The van der Waals surface area contributed by atoms with E-state index in [1.807, 2.05) is 6.07 Å². The molecular formula is C29H22N2O9S2. The van der Waals surface area contributed by atoms with Crippen molar-refractivity contribution < 1.29 is 35.6 Å². The van der Waals surface area contributed by atoms with Gasteiger partial charge in [0.15, 0.2) is 0 Å². The molecule has 4 aromatic rings. The van der Waals surface area contributed by atoms with Gasteiger partial charge < -0.3 is 9.29 Å². The second-order valence-electron chi connectivity index (χ2n) is 10.6. The third-order valence-electron chi connectivity index (χ3n) is 8.17. The van der Waals surface area contributed by atoms with Crippen molar-refractivity contribution in [3.05, 3.63) is 97.5 Å². The summed E-state index contributed by atoms with van der Waals surface area (Å²) in [6.07, 6.45) is 3.31. The normalized spacial score (nSPS) is 16.0. The van der Waals surface area contributed by atoms with E-state index in [9.17, 15) is 36.1 Å². The molecule has 7 rings (SSSR count). The number of nitro groups is 1. The third kappa shape index (κ3) is 4.11. The van der Waals surface area contributed by atoms with Crippen LogP contribution in [0, 0.1) is 10.1 Å². The van der Waals surface area contributed by atoms with Crippen LogP contribution in [0.15, 0.2) is 64.4 Å². The topological polar surface area (TPSA) is 167 Å². The van der Waals surface area contributed by atoms with Crippen LogP contribution in [-0.4, -0.2) is 44.0 Å². The molecule has 3 aliphatic rings. The van der Waals surface area contributed by atoms with Gasteiger partial charge in [-0.15, -0.1) is 0 Å². The van der Waals surface area contributed by atoms with Crippen LogP contribution in [0.2, 0.25) is 0 Å². The SMILES string of the molecule is O=[N+]([O-])c1ccc2c3c(ccc2c1)C(c1ccc(S(=O)(=O)O)cc1S(=O)(=O)[O-])=c1cc2c4c(c1O3)CCC[N+]=4CCC2. The predicted octanol–water partition coefficient (Wildman–Crippen LogP) is 2.64. The molecule has 0 amide bonds. The lowest BCUT2D eigenvalue weighted by atomic mass is 9.86. The molecule has 0 aliphatic carbocycles. The van der Waals surface area contributed by atoms with E-state index in [1.54, 1.807) is 18.2 Å². The molecule has 0 atom stereocenters. The molecular weight excluding hydrogens is 584 g/mol. The van der Waals surface area contributed by atoms with Gasteiger partial charge in [0.2, 0.25) is 5.36 Å². The molecule has 13 heteroatoms. The molecule has 1 N–H and O–H groups in total. The predicted molar refractivity (Wildman–Crippen MR) is 150 cm³/mol. The number of nitrogens with zero attached hydrogens (tertiary/aromatic N) is 2. The molecule has 214 valence electrons. The van der Waals surface area contributed by atoms with Crippen molar-refractivity contribution in [3.63, 3.8) is 0 Å². The molecule has 4 aromatic carbocycles. The summed E-state index contributed by atoms with van der Waals surface area (Å²) >= 11 is 0. The van der Waals surface area contributed by atoms with E-state index in [-0.39, 0.29) is 11.3 Å². The number of fused-ring (bicyclic) bond motifs is 5. The monoisotopic (exact) mass is 606 g/mol. The van der Waals surface area contributed by atoms with Crippen LogP contribution in [0.25, 0.3) is 16.3 Å². The highest BCUT2D eigenvalue weighted by Gasteiger charge is 2.33. The number of hydrogen-bond donors (Lipinski definition) is 1. The number of ether oxygens (including phenoxy) is 1. The fourth-order valence-corrected chi connectivity index (χ4v) is 7.75. The van der Waals surface area contributed by atoms with Gasteiger partial charge in [0, 0.05) is 57.8 Å². The van der Waals surface area contributed by atoms with Crippen LogP contribution >= 0.6 is 0 Å². The summed E-state index contributed by atoms with van der Waals surface area (Å²) < 4.78 is 80.0. The Balaban J connectivity index is 1.66. The van der Waals surface area contributed by atoms with Gasteiger partial charge in [-0.1, -0.05) is 12.1 Å². The number of nitro benzene ring substituents is 1. The Hall–Kier alpha value is -4.17. The standard InChI is InChI=1S/C29H22N2O9S2/c32-31(33)18-6-9-20-16(13-18)5-8-22-26(21-10-7-19(41(34,35)36)15-25(21)42(37,38)39)24-14-17-3-1-11-30-12-2-4-23(27(17)30)29(24)40-28(20)22/h5-10,13-15H,1-4,11-12H2,(H-,34,35,36,37,38,39). The van der Waals surface area contributed by atoms with E-state index in [0.29, 0.717) is 51.1 Å². The van der Waals surface area contributed by atoms with E-state index in [0.717, 1.165) is 54.9 Å². The van der Waals surface area contributed by atoms with Crippen LogP contribution in [0.3, 0.4) is 0 Å². The lowest BCUT2D eigenvalue weighted by Crippen LogP contribution is -2.45. The fourth-order valence-electron chi connectivity index (χ4n) is 6.46. The Morgan fingerprint density at radius 2 is 1.62 bits per heavy atom. The summed E-state index contributed by atoms with van der Waals surface area (Å²) in [4.78, 5) is 9.41. The lowest BCUT2D eigenvalue weighted by molar-refractivity contribution is -0.384. The summed E-state index contributed by atoms with van der Waals surface area (Å²) in [6, 6.07) is 12.5. The van der Waals surface area contributed by atoms with Crippen LogP contribution in [0.5, 0.6) is 11.5 Å². The summed E-state index contributed by atoms with van der Waals surface area (Å²) in [7, 11) is -10.0. The zero-order chi connectivity index (χ0) is 29.6. The van der Waals surface area contributed by atoms with Crippen molar-refractivity contribution in [2.24, 2.45) is 0 Å². The minimum atomic E-state index is -5.23. The van der Waals surface area contributed by atoms with E-state index < -0.39 is 35.0 Å². The largest absolute Gasteiger partial charge is 0.744 e. The zero-order valence-corrected chi connectivity index (χ0v) is 23.5. The fraction of sp³-hybridized carbons (Fsp3) is 0.207. The molecule has 0 bridgehead atoms. The number of non-ortho nitro benzene ring substituents is 1. The summed E-state index contributed by atoms with van der Waals surface area (Å²) in [5.41, 5.74) is 2.66. The molecule has 0 saturated heterocycles. The first-order chi connectivity index (χ1) is 19.9. The van der Waals surface area contributed by atoms with Crippen molar-refractivity contribution in [1.82, 2.24) is 4.58 Å². The molecule has 0 fully saturated rings. The molecule has 0 aromatic heterocycles. The minimum Gasteiger partial charge on any atom is -0.744 e. The molecule has 0 saturated carbocycles. The average Bonchev–Trinajstić information content (AvgIpc) is 2.95. The molecule has 0 radical (unpaired) electrons. The van der Waals surface area contributed by atoms with Gasteiger partial charge in [0.05, 0.1) is 20.3 Å². The quantitative estimate of drug-likeness (QED) is 0.140. The van der Waals surface area contributed by atoms with E-state index >= 15 is 0 Å². The van der Waals surface area contributed by atoms with Crippen molar-refractivity contribution in [1.29, 1.82) is 0 Å². The van der Waals surface area contributed by atoms with Gasteiger partial charge in [-0.2, -0.15) is 8.42 Å². The zero-order valence-electron chi connectivity index (χ0n) is 21.9. The van der Waals surface area contributed by atoms with Crippen molar-refractivity contribution >= 4 is 42.3 Å². The first kappa shape index (κ1) is 26.7. The summed E-state index contributed by atoms with van der Waals surface area (Å²) in [5, 5.41) is 14.2. The Labute approximate surface area is 239 Å². The van der Waals surface area contributed by atoms with Crippen molar-refractivity contribution in [2.75, 3.05) is 13.1 Å². The second kappa shape index (κ2) is 9.16. The van der Waals surface area contributed by atoms with Gasteiger partial charge >= 0.3 is 0 Å². The molecule has 3 aliphatic heterocycles. The highest BCUT2D eigenvalue weighted by molar-refractivity contribution is 7.86. The maximum absolute atomic E-state index is 12.6. The highest BCUT2D eigenvalue weighted by atomic mass is 32.2. The number of rotatable bonds is 4. The average molecular weight is 607 g/mol. The van der Waals surface area contributed by atoms with Crippen molar-refractivity contribution in [3.8, 4) is 11.5 Å². The molecule has 3 heterocycles. The molecule has 0 spiro atoms. The van der Waals surface area contributed by atoms with Gasteiger partial charge in [0.25, 0.3) is 15.8 Å². The molecule has 11 nitrogen and oxygen atoms in total. The Morgan fingerprint density at radius 1 is 0.881 bits per heavy atom. The van der Waals surface area contributed by atoms with Crippen LogP contribution < -0.4 is 19.9 Å². The minimum absolute atomic E-state index is 0.0416. The number of hydrogen-bond acceptors (Lipinski definition) is 8. The summed E-state index contributed by atoms with van der Waals surface area (Å²) in [6.45, 7) is 1.79.